The first-order valence-electron chi connectivity index (χ1n) is 10.1. The van der Waals surface area contributed by atoms with E-state index in [1.165, 1.54) is 24.4 Å². The lowest BCUT2D eigenvalue weighted by Crippen LogP contribution is -2.17. The molecule has 0 saturated carbocycles. The molecule has 164 valence electrons. The van der Waals surface area contributed by atoms with Gasteiger partial charge < -0.3 is 5.32 Å². The highest BCUT2D eigenvalue weighted by molar-refractivity contribution is 5.93. The summed E-state index contributed by atoms with van der Waals surface area (Å²) >= 11 is 0. The number of rotatable bonds is 6. The molecule has 0 unspecified atom stereocenters. The van der Waals surface area contributed by atoms with Crippen LogP contribution in [0.1, 0.15) is 16.8 Å². The number of aromatic nitrogens is 2. The molecule has 1 amide bonds. The van der Waals surface area contributed by atoms with Crippen molar-refractivity contribution in [3.8, 4) is 11.3 Å². The topological polar surface area (TPSA) is 54.9 Å². The van der Waals surface area contributed by atoms with Gasteiger partial charge in [-0.3, -0.25) is 4.79 Å². The van der Waals surface area contributed by atoms with Crippen molar-refractivity contribution in [3.63, 3.8) is 0 Å². The molecule has 3 aromatic carbocycles. The first-order chi connectivity index (χ1) is 16.0. The Kier molecular flexibility index (Phi) is 6.59. The van der Waals surface area contributed by atoms with Gasteiger partial charge in [-0.1, -0.05) is 42.5 Å². The summed E-state index contributed by atoms with van der Waals surface area (Å²) in [6, 6.07) is 18.6. The molecule has 1 heterocycles. The van der Waals surface area contributed by atoms with E-state index in [-0.39, 0.29) is 18.1 Å². The molecule has 0 spiro atoms. The Balaban J connectivity index is 1.62. The van der Waals surface area contributed by atoms with Crippen molar-refractivity contribution in [1.29, 1.82) is 0 Å². The van der Waals surface area contributed by atoms with Gasteiger partial charge in [0.1, 0.15) is 11.5 Å². The predicted molar refractivity (Wildman–Crippen MR) is 121 cm³/mol. The van der Waals surface area contributed by atoms with E-state index in [9.17, 15) is 18.0 Å². The van der Waals surface area contributed by atoms with E-state index >= 15 is 0 Å². The van der Waals surface area contributed by atoms with Crippen molar-refractivity contribution >= 4 is 23.9 Å². The third-order valence-corrected chi connectivity index (χ3v) is 4.78. The van der Waals surface area contributed by atoms with Crippen LogP contribution in [0.5, 0.6) is 0 Å². The monoisotopic (exact) mass is 445 g/mol. The molecule has 0 fully saturated rings. The summed E-state index contributed by atoms with van der Waals surface area (Å²) in [6.45, 7) is 0. The number of hydrogen-bond donors (Lipinski definition) is 1. The first-order valence-corrected chi connectivity index (χ1v) is 10.1. The molecule has 4 nitrogen and oxygen atoms in total. The van der Waals surface area contributed by atoms with E-state index in [1.54, 1.807) is 18.2 Å². The maximum atomic E-state index is 13.5. The Morgan fingerprint density at radius 2 is 1.64 bits per heavy atom. The number of benzene rings is 3. The first kappa shape index (κ1) is 22.0. The van der Waals surface area contributed by atoms with Gasteiger partial charge in [0.05, 0.1) is 18.3 Å². The highest BCUT2D eigenvalue weighted by Crippen LogP contribution is 2.22. The fourth-order valence-corrected chi connectivity index (χ4v) is 3.13. The van der Waals surface area contributed by atoms with Crippen LogP contribution in [0.15, 0.2) is 79.0 Å². The normalized spacial score (nSPS) is 11.0. The van der Waals surface area contributed by atoms with Gasteiger partial charge in [-0.2, -0.15) is 0 Å². The highest BCUT2D eigenvalue weighted by Gasteiger charge is 2.12. The van der Waals surface area contributed by atoms with Crippen LogP contribution >= 0.6 is 0 Å². The fourth-order valence-electron chi connectivity index (χ4n) is 3.13. The Hall–Kier alpha value is -4.26. The minimum atomic E-state index is -1.02. The Labute approximate surface area is 188 Å². The van der Waals surface area contributed by atoms with Gasteiger partial charge in [-0.05, 0) is 53.6 Å². The van der Waals surface area contributed by atoms with Crippen molar-refractivity contribution in [2.75, 3.05) is 5.32 Å². The smallest absolute Gasteiger partial charge is 0.230 e. The Bertz CT molecular complexity index is 1310. The van der Waals surface area contributed by atoms with Crippen LogP contribution in [0.4, 0.5) is 19.0 Å². The number of carbonyl (C=O) groups is 1. The molecule has 0 aliphatic heterocycles. The van der Waals surface area contributed by atoms with Crippen molar-refractivity contribution in [3.05, 3.63) is 113 Å². The average Bonchev–Trinajstić information content (AvgIpc) is 2.82. The summed E-state index contributed by atoms with van der Waals surface area (Å²) in [5.41, 5.74) is 2.80. The van der Waals surface area contributed by atoms with E-state index in [4.69, 9.17) is 0 Å². The molecule has 0 radical (unpaired) electrons. The third-order valence-electron chi connectivity index (χ3n) is 4.78. The second kappa shape index (κ2) is 9.91. The van der Waals surface area contributed by atoms with Crippen molar-refractivity contribution in [2.24, 2.45) is 0 Å². The molecule has 0 aliphatic rings. The van der Waals surface area contributed by atoms with E-state index in [2.05, 4.69) is 15.3 Å². The molecule has 1 aromatic heterocycles. The van der Waals surface area contributed by atoms with Crippen LogP contribution in [0.3, 0.4) is 0 Å². The van der Waals surface area contributed by atoms with Gasteiger partial charge in [-0.15, -0.1) is 0 Å². The number of halogens is 3. The van der Waals surface area contributed by atoms with Gasteiger partial charge in [0.15, 0.2) is 17.5 Å². The summed E-state index contributed by atoms with van der Waals surface area (Å²) < 4.78 is 39.9. The maximum Gasteiger partial charge on any atom is 0.230 e. The second-order valence-corrected chi connectivity index (χ2v) is 7.21. The van der Waals surface area contributed by atoms with Gasteiger partial charge >= 0.3 is 0 Å². The molecule has 1 N–H and O–H groups in total. The third kappa shape index (κ3) is 5.71. The Morgan fingerprint density at radius 3 is 2.36 bits per heavy atom. The maximum absolute atomic E-state index is 13.5. The summed E-state index contributed by atoms with van der Waals surface area (Å²) in [6.07, 6.45) is 4.84. The van der Waals surface area contributed by atoms with Crippen LogP contribution in [0.2, 0.25) is 0 Å². The summed E-state index contributed by atoms with van der Waals surface area (Å²) in [5.74, 6) is -2.61. The molecular formula is C26H18F3N3O. The van der Waals surface area contributed by atoms with Gasteiger partial charge in [-0.25, -0.2) is 23.1 Å². The summed E-state index contributed by atoms with van der Waals surface area (Å²) in [7, 11) is 0. The van der Waals surface area contributed by atoms with Crippen LogP contribution in [-0.4, -0.2) is 15.9 Å². The lowest BCUT2D eigenvalue weighted by atomic mass is 10.1. The number of carbonyl (C=O) groups excluding carboxylic acids is 1. The summed E-state index contributed by atoms with van der Waals surface area (Å²) in [4.78, 5) is 21.4. The Morgan fingerprint density at radius 1 is 0.879 bits per heavy atom. The van der Waals surface area contributed by atoms with Crippen LogP contribution in [-0.2, 0) is 11.2 Å². The van der Waals surface area contributed by atoms with Crippen LogP contribution < -0.4 is 5.32 Å². The predicted octanol–water partition coefficient (Wildman–Crippen LogP) is 5.91. The highest BCUT2D eigenvalue weighted by atomic mass is 19.2. The van der Waals surface area contributed by atoms with Gasteiger partial charge in [0.25, 0.3) is 0 Å². The zero-order chi connectivity index (χ0) is 23.2. The van der Waals surface area contributed by atoms with Gasteiger partial charge in [0, 0.05) is 5.56 Å². The zero-order valence-electron chi connectivity index (χ0n) is 17.3. The molecule has 4 aromatic rings. The second-order valence-electron chi connectivity index (χ2n) is 7.21. The molecule has 0 atom stereocenters. The minimum Gasteiger partial charge on any atom is -0.309 e. The van der Waals surface area contributed by atoms with E-state index < -0.39 is 17.5 Å². The van der Waals surface area contributed by atoms with E-state index in [0.717, 1.165) is 17.7 Å². The van der Waals surface area contributed by atoms with E-state index in [1.807, 2.05) is 36.4 Å². The number of anilines is 1. The number of hydrogen-bond acceptors (Lipinski definition) is 3. The lowest BCUT2D eigenvalue weighted by Gasteiger charge is -2.10. The lowest BCUT2D eigenvalue weighted by molar-refractivity contribution is -0.115. The quantitative estimate of drug-likeness (QED) is 0.401. The SMILES string of the molecule is O=C(Cc1ccc(F)c(F)c1)Nc1ncc(-c2ccc(F)cc2)nc1/C=C/c1ccccc1. The number of amides is 1. The molecule has 0 aliphatic carbocycles. The zero-order valence-corrected chi connectivity index (χ0v) is 17.3. The molecule has 0 saturated heterocycles. The molecular weight excluding hydrogens is 427 g/mol. The van der Waals surface area contributed by atoms with E-state index in [0.29, 0.717) is 22.5 Å². The van der Waals surface area contributed by atoms with Crippen LogP contribution in [0, 0.1) is 17.5 Å². The minimum absolute atomic E-state index is 0.166. The van der Waals surface area contributed by atoms with Crippen molar-refractivity contribution in [1.82, 2.24) is 9.97 Å². The van der Waals surface area contributed by atoms with Crippen LogP contribution in [0.25, 0.3) is 23.4 Å². The standard InChI is InChI=1S/C26H18F3N3O/c27-20-10-8-19(9-11-20)24-16-30-26(23(31-24)13-7-17-4-2-1-3-5-17)32-25(33)15-18-6-12-21(28)22(29)14-18/h1-14,16H,15H2,(H,30,32,33)/b13-7+. The van der Waals surface area contributed by atoms with Gasteiger partial charge in [0.2, 0.25) is 5.91 Å². The molecule has 7 heteroatoms. The largest absolute Gasteiger partial charge is 0.309 e. The molecule has 4 rings (SSSR count). The summed E-state index contributed by atoms with van der Waals surface area (Å²) in [5, 5.41) is 2.68. The van der Waals surface area contributed by atoms with Crippen molar-refractivity contribution < 1.29 is 18.0 Å². The molecule has 0 bridgehead atoms. The number of nitrogens with zero attached hydrogens (tertiary/aromatic N) is 2. The average molecular weight is 445 g/mol. The molecule has 33 heavy (non-hydrogen) atoms. The number of nitrogens with one attached hydrogen (secondary N) is 1. The fraction of sp³-hybridized carbons (Fsp3) is 0.0385. The van der Waals surface area contributed by atoms with Crippen molar-refractivity contribution in [2.45, 2.75) is 6.42 Å².